The summed E-state index contributed by atoms with van der Waals surface area (Å²) in [7, 11) is 0. The van der Waals surface area contributed by atoms with Crippen LogP contribution in [0.2, 0.25) is 0 Å². The van der Waals surface area contributed by atoms with Crippen LogP contribution in [0.4, 0.5) is 9.93 Å². The van der Waals surface area contributed by atoms with Crippen LogP contribution in [0.1, 0.15) is 5.69 Å². The lowest BCUT2D eigenvalue weighted by atomic mass is 10.5. The first-order chi connectivity index (χ1) is 9.13. The number of rotatable bonds is 5. The summed E-state index contributed by atoms with van der Waals surface area (Å²) in [5, 5.41) is 28.5. The Morgan fingerprint density at radius 1 is 1.42 bits per heavy atom. The molecule has 2 amide bonds. The Balaban J connectivity index is 1.80. The molecule has 2 aromatic heterocycles. The van der Waals surface area contributed by atoms with Gasteiger partial charge < -0.3 is 10.4 Å². The van der Waals surface area contributed by atoms with E-state index in [1.54, 1.807) is 0 Å². The summed E-state index contributed by atoms with van der Waals surface area (Å²) in [6.07, 6.45) is 1.44. The summed E-state index contributed by atoms with van der Waals surface area (Å²) in [6.45, 7) is -0.145. The zero-order valence-corrected chi connectivity index (χ0v) is 10.3. The zero-order chi connectivity index (χ0) is 13.7. The second-order valence-corrected chi connectivity index (χ2v) is 4.19. The number of carbonyl (C=O) groups is 2. The highest BCUT2D eigenvalue weighted by Gasteiger charge is 2.07. The van der Waals surface area contributed by atoms with E-state index in [9.17, 15) is 9.59 Å². The number of carboxylic acids is 1. The fourth-order valence-electron chi connectivity index (χ4n) is 1.18. The van der Waals surface area contributed by atoms with Crippen LogP contribution in [0.25, 0.3) is 0 Å². The van der Waals surface area contributed by atoms with E-state index in [0.717, 1.165) is 0 Å². The van der Waals surface area contributed by atoms with Crippen LogP contribution in [0.5, 0.6) is 0 Å². The number of aliphatic carboxylic acids is 1. The van der Waals surface area contributed by atoms with Gasteiger partial charge in [0, 0.05) is 0 Å². The lowest BCUT2D eigenvalue weighted by molar-refractivity contribution is -0.137. The molecule has 2 heterocycles. The Morgan fingerprint density at radius 3 is 2.95 bits per heavy atom. The van der Waals surface area contributed by atoms with E-state index in [0.29, 0.717) is 10.8 Å². The van der Waals surface area contributed by atoms with Gasteiger partial charge in [0.15, 0.2) is 0 Å². The number of carbonyl (C=O) groups excluding carboxylic acids is 1. The summed E-state index contributed by atoms with van der Waals surface area (Å²) in [6, 6.07) is -0.454. The average molecular weight is 283 g/mol. The highest BCUT2D eigenvalue weighted by atomic mass is 32.1. The van der Waals surface area contributed by atoms with Gasteiger partial charge in [0.1, 0.15) is 17.7 Å². The number of aromatic nitrogens is 5. The Kier molecular flexibility index (Phi) is 3.97. The molecule has 0 aliphatic rings. The van der Waals surface area contributed by atoms with E-state index in [4.69, 9.17) is 5.11 Å². The number of amides is 2. The topological polar surface area (TPSA) is 135 Å². The van der Waals surface area contributed by atoms with Crippen LogP contribution < -0.4 is 10.6 Å². The van der Waals surface area contributed by atoms with Crippen LogP contribution in [0, 0.1) is 0 Å². The predicted octanol–water partition coefficient (Wildman–Crippen LogP) is -0.464. The van der Waals surface area contributed by atoms with Gasteiger partial charge in [-0.25, -0.2) is 9.48 Å². The zero-order valence-electron chi connectivity index (χ0n) is 9.48. The first-order valence-corrected chi connectivity index (χ1v) is 5.93. The number of nitrogens with one attached hydrogen (secondary N) is 2. The molecule has 0 unspecified atom stereocenters. The number of nitrogens with zero attached hydrogens (tertiary/aromatic N) is 5. The maximum absolute atomic E-state index is 11.4. The van der Waals surface area contributed by atoms with Gasteiger partial charge in [0.2, 0.25) is 5.13 Å². The molecule has 0 bridgehead atoms. The van der Waals surface area contributed by atoms with Crippen molar-refractivity contribution in [3.8, 4) is 0 Å². The van der Waals surface area contributed by atoms with Gasteiger partial charge >= 0.3 is 12.0 Å². The molecule has 100 valence electrons. The maximum Gasteiger partial charge on any atom is 0.325 e. The molecule has 0 saturated heterocycles. The Labute approximate surface area is 110 Å². The van der Waals surface area contributed by atoms with Crippen LogP contribution in [0.3, 0.4) is 0 Å². The lowest BCUT2D eigenvalue weighted by Crippen LogP contribution is -2.28. The third-order valence-corrected chi connectivity index (χ3v) is 2.50. The van der Waals surface area contributed by atoms with Gasteiger partial charge in [-0.1, -0.05) is 16.6 Å². The number of hydrogen-bond acceptors (Lipinski definition) is 7. The van der Waals surface area contributed by atoms with E-state index < -0.39 is 12.0 Å². The van der Waals surface area contributed by atoms with E-state index in [2.05, 4.69) is 31.1 Å². The average Bonchev–Trinajstić information content (AvgIpc) is 2.97. The standard InChI is InChI=1S/C8H9N7O3S/c16-6(17)3-15-2-5(12-14-15)1-9-7(18)11-8-13-10-4-19-8/h2,4H,1,3H2,(H,16,17)(H2,9,11,13,18). The van der Waals surface area contributed by atoms with Crippen molar-refractivity contribution in [3.05, 3.63) is 17.4 Å². The van der Waals surface area contributed by atoms with Gasteiger partial charge in [-0.3, -0.25) is 10.1 Å². The summed E-state index contributed by atoms with van der Waals surface area (Å²) in [5.41, 5.74) is 1.95. The molecular weight excluding hydrogens is 274 g/mol. The number of hydrogen-bond donors (Lipinski definition) is 3. The van der Waals surface area contributed by atoms with Crippen LogP contribution >= 0.6 is 11.3 Å². The summed E-state index contributed by atoms with van der Waals surface area (Å²) < 4.78 is 1.17. The second kappa shape index (κ2) is 5.86. The minimum Gasteiger partial charge on any atom is -0.480 e. The predicted molar refractivity (Wildman–Crippen MR) is 63.4 cm³/mol. The molecule has 11 heteroatoms. The molecule has 0 aromatic carbocycles. The molecule has 2 aromatic rings. The van der Waals surface area contributed by atoms with Crippen molar-refractivity contribution in [2.24, 2.45) is 0 Å². The third-order valence-electron chi connectivity index (χ3n) is 1.89. The monoisotopic (exact) mass is 283 g/mol. The normalized spacial score (nSPS) is 10.1. The van der Waals surface area contributed by atoms with Gasteiger partial charge in [0.25, 0.3) is 0 Å². The molecule has 0 saturated carbocycles. The molecule has 10 nitrogen and oxygen atoms in total. The minimum absolute atomic E-state index is 0.129. The van der Waals surface area contributed by atoms with Crippen LogP contribution in [0.15, 0.2) is 11.7 Å². The quantitative estimate of drug-likeness (QED) is 0.675. The fourth-order valence-corrected chi connectivity index (χ4v) is 1.62. The van der Waals surface area contributed by atoms with Crippen molar-refractivity contribution in [3.63, 3.8) is 0 Å². The van der Waals surface area contributed by atoms with Gasteiger partial charge in [-0.2, -0.15) is 0 Å². The van der Waals surface area contributed by atoms with Crippen molar-refractivity contribution in [2.45, 2.75) is 13.1 Å². The molecule has 0 radical (unpaired) electrons. The highest BCUT2D eigenvalue weighted by Crippen LogP contribution is 2.07. The molecule has 0 aliphatic heterocycles. The van der Waals surface area contributed by atoms with Gasteiger partial charge in [-0.05, 0) is 0 Å². The molecule has 3 N–H and O–H groups in total. The van der Waals surface area contributed by atoms with Crippen LogP contribution in [-0.2, 0) is 17.9 Å². The third kappa shape index (κ3) is 3.99. The number of anilines is 1. The van der Waals surface area contributed by atoms with E-state index in [1.807, 2.05) is 0 Å². The second-order valence-electron chi connectivity index (χ2n) is 3.35. The van der Waals surface area contributed by atoms with Crippen molar-refractivity contribution >= 4 is 28.5 Å². The van der Waals surface area contributed by atoms with E-state index >= 15 is 0 Å². The molecule has 0 aliphatic carbocycles. The first kappa shape index (κ1) is 12.9. The first-order valence-electron chi connectivity index (χ1n) is 5.05. The highest BCUT2D eigenvalue weighted by molar-refractivity contribution is 7.13. The Hall–Kier alpha value is -2.56. The molecule has 0 fully saturated rings. The molecule has 2 rings (SSSR count). The van der Waals surface area contributed by atoms with Crippen molar-refractivity contribution in [1.82, 2.24) is 30.5 Å². The SMILES string of the molecule is O=C(O)Cn1cc(CNC(=O)Nc2nncs2)nn1. The van der Waals surface area contributed by atoms with Crippen LogP contribution in [-0.4, -0.2) is 42.3 Å². The van der Waals surface area contributed by atoms with E-state index in [1.165, 1.54) is 27.7 Å². The summed E-state index contributed by atoms with van der Waals surface area (Å²) in [4.78, 5) is 21.9. The van der Waals surface area contributed by atoms with Crippen molar-refractivity contribution in [1.29, 1.82) is 0 Å². The molecule has 0 spiro atoms. The van der Waals surface area contributed by atoms with Gasteiger partial charge in [0.05, 0.1) is 12.7 Å². The largest absolute Gasteiger partial charge is 0.480 e. The number of urea groups is 1. The van der Waals surface area contributed by atoms with Crippen molar-refractivity contribution in [2.75, 3.05) is 5.32 Å². The molecular formula is C8H9N7O3S. The Bertz CT molecular complexity index is 567. The molecule has 19 heavy (non-hydrogen) atoms. The summed E-state index contributed by atoms with van der Waals surface area (Å²) in [5.74, 6) is -1.02. The maximum atomic E-state index is 11.4. The Morgan fingerprint density at radius 2 is 2.26 bits per heavy atom. The van der Waals surface area contributed by atoms with E-state index in [-0.39, 0.29) is 13.1 Å². The smallest absolute Gasteiger partial charge is 0.325 e. The minimum atomic E-state index is -1.02. The summed E-state index contributed by atoms with van der Waals surface area (Å²) >= 11 is 1.19. The number of carboxylic acid groups (broad SMARTS) is 1. The fraction of sp³-hybridized carbons (Fsp3) is 0.250. The van der Waals surface area contributed by atoms with Gasteiger partial charge in [-0.15, -0.1) is 15.3 Å². The lowest BCUT2D eigenvalue weighted by Gasteiger charge is -2.01. The molecule has 0 atom stereocenters. The van der Waals surface area contributed by atoms with Crippen molar-refractivity contribution < 1.29 is 14.7 Å².